The zero-order valence-electron chi connectivity index (χ0n) is 10.3. The van der Waals surface area contributed by atoms with Crippen molar-refractivity contribution < 1.29 is 9.84 Å². The lowest BCUT2D eigenvalue weighted by Gasteiger charge is -2.17. The molecular weight excluding hydrogens is 206 g/mol. The standard InChI is InChI=1S/C11H21N3O2/c1-11(2,3)4-7-16-9-10-8-14(5-6-15)13-12-10/h8,15H,4-7,9H2,1-3H3. The van der Waals surface area contributed by atoms with Gasteiger partial charge in [-0.3, -0.25) is 0 Å². The predicted octanol–water partition coefficient (Wildman–Crippen LogP) is 1.22. The van der Waals surface area contributed by atoms with Crippen molar-refractivity contribution >= 4 is 0 Å². The summed E-state index contributed by atoms with van der Waals surface area (Å²) in [6.45, 7) is 8.34. The molecular formula is C11H21N3O2. The molecule has 0 bridgehead atoms. The smallest absolute Gasteiger partial charge is 0.108 e. The lowest BCUT2D eigenvalue weighted by Crippen LogP contribution is -2.09. The van der Waals surface area contributed by atoms with Gasteiger partial charge in [-0.05, 0) is 11.8 Å². The fourth-order valence-corrected chi connectivity index (χ4v) is 1.17. The normalized spacial score (nSPS) is 12.0. The number of aromatic nitrogens is 3. The van der Waals surface area contributed by atoms with Gasteiger partial charge < -0.3 is 9.84 Å². The van der Waals surface area contributed by atoms with Crippen LogP contribution in [0.15, 0.2) is 6.20 Å². The number of aliphatic hydroxyl groups is 1. The maximum absolute atomic E-state index is 8.71. The fourth-order valence-electron chi connectivity index (χ4n) is 1.17. The van der Waals surface area contributed by atoms with E-state index in [-0.39, 0.29) is 6.61 Å². The summed E-state index contributed by atoms with van der Waals surface area (Å²) < 4.78 is 7.12. The predicted molar refractivity (Wildman–Crippen MR) is 60.8 cm³/mol. The molecule has 1 rings (SSSR count). The summed E-state index contributed by atoms with van der Waals surface area (Å²) in [6.07, 6.45) is 2.82. The van der Waals surface area contributed by atoms with Crippen molar-refractivity contribution in [3.63, 3.8) is 0 Å². The molecule has 0 aromatic carbocycles. The van der Waals surface area contributed by atoms with Crippen LogP contribution in [0.5, 0.6) is 0 Å². The number of nitrogens with zero attached hydrogens (tertiary/aromatic N) is 3. The summed E-state index contributed by atoms with van der Waals surface area (Å²) in [5, 5.41) is 16.5. The lowest BCUT2D eigenvalue weighted by molar-refractivity contribution is 0.0940. The highest BCUT2D eigenvalue weighted by Crippen LogP contribution is 2.18. The van der Waals surface area contributed by atoms with Gasteiger partial charge in [0.15, 0.2) is 0 Å². The average molecular weight is 227 g/mol. The van der Waals surface area contributed by atoms with Crippen molar-refractivity contribution in [1.82, 2.24) is 15.0 Å². The van der Waals surface area contributed by atoms with Crippen LogP contribution < -0.4 is 0 Å². The second-order valence-electron chi connectivity index (χ2n) is 5.06. The number of hydrogen-bond donors (Lipinski definition) is 1. The molecule has 0 aliphatic carbocycles. The molecule has 0 aliphatic heterocycles. The first kappa shape index (κ1) is 13.1. The minimum Gasteiger partial charge on any atom is -0.394 e. The highest BCUT2D eigenvalue weighted by atomic mass is 16.5. The summed E-state index contributed by atoms with van der Waals surface area (Å²) in [6, 6.07) is 0. The third-order valence-corrected chi connectivity index (χ3v) is 2.16. The van der Waals surface area contributed by atoms with Gasteiger partial charge in [0.05, 0.1) is 26.0 Å². The van der Waals surface area contributed by atoms with Gasteiger partial charge in [-0.15, -0.1) is 5.10 Å². The van der Waals surface area contributed by atoms with Crippen LogP contribution in [-0.4, -0.2) is 33.3 Å². The zero-order chi connectivity index (χ0) is 12.0. The van der Waals surface area contributed by atoms with E-state index in [1.807, 2.05) is 0 Å². The first-order valence-electron chi connectivity index (χ1n) is 5.59. The van der Waals surface area contributed by atoms with Crippen molar-refractivity contribution in [3.05, 3.63) is 11.9 Å². The van der Waals surface area contributed by atoms with Crippen molar-refractivity contribution in [2.24, 2.45) is 5.41 Å². The Kier molecular flexibility index (Phi) is 4.89. The number of ether oxygens (including phenoxy) is 1. The topological polar surface area (TPSA) is 60.2 Å². The number of aliphatic hydroxyl groups excluding tert-OH is 1. The van der Waals surface area contributed by atoms with Crippen LogP contribution in [-0.2, 0) is 17.9 Å². The van der Waals surface area contributed by atoms with E-state index in [1.54, 1.807) is 10.9 Å². The van der Waals surface area contributed by atoms with Crippen LogP contribution in [0.4, 0.5) is 0 Å². The van der Waals surface area contributed by atoms with E-state index < -0.39 is 0 Å². The molecule has 0 spiro atoms. The molecule has 16 heavy (non-hydrogen) atoms. The van der Waals surface area contributed by atoms with Gasteiger partial charge in [-0.2, -0.15) is 0 Å². The summed E-state index contributed by atoms with van der Waals surface area (Å²) in [5.74, 6) is 0. The van der Waals surface area contributed by atoms with Gasteiger partial charge in [0.25, 0.3) is 0 Å². The van der Waals surface area contributed by atoms with Gasteiger partial charge in [0, 0.05) is 6.61 Å². The van der Waals surface area contributed by atoms with Crippen LogP contribution in [0.25, 0.3) is 0 Å². The largest absolute Gasteiger partial charge is 0.394 e. The van der Waals surface area contributed by atoms with Crippen LogP contribution in [0.3, 0.4) is 0 Å². The summed E-state index contributed by atoms with van der Waals surface area (Å²) in [5.41, 5.74) is 1.11. The maximum Gasteiger partial charge on any atom is 0.108 e. The maximum atomic E-state index is 8.71. The van der Waals surface area contributed by atoms with E-state index in [1.165, 1.54) is 0 Å². The molecule has 0 fully saturated rings. The summed E-state index contributed by atoms with van der Waals surface area (Å²) in [7, 11) is 0. The van der Waals surface area contributed by atoms with Gasteiger partial charge in [-0.1, -0.05) is 26.0 Å². The first-order valence-corrected chi connectivity index (χ1v) is 5.59. The highest BCUT2D eigenvalue weighted by Gasteiger charge is 2.09. The fraction of sp³-hybridized carbons (Fsp3) is 0.818. The third kappa shape index (κ3) is 5.23. The zero-order valence-corrected chi connectivity index (χ0v) is 10.3. The Hall–Kier alpha value is -0.940. The molecule has 92 valence electrons. The number of rotatable bonds is 6. The van der Waals surface area contributed by atoms with Crippen LogP contribution >= 0.6 is 0 Å². The van der Waals surface area contributed by atoms with Gasteiger partial charge in [-0.25, -0.2) is 4.68 Å². The SMILES string of the molecule is CC(C)(C)CCOCc1cn(CCO)nn1. The van der Waals surface area contributed by atoms with Gasteiger partial charge in [0.1, 0.15) is 5.69 Å². The Balaban J connectivity index is 2.21. The van der Waals surface area contributed by atoms with Crippen LogP contribution in [0.2, 0.25) is 0 Å². The van der Waals surface area contributed by atoms with Crippen molar-refractivity contribution in [2.45, 2.75) is 40.3 Å². The third-order valence-electron chi connectivity index (χ3n) is 2.16. The van der Waals surface area contributed by atoms with Crippen molar-refractivity contribution in [3.8, 4) is 0 Å². The molecule has 0 unspecified atom stereocenters. The van der Waals surface area contributed by atoms with E-state index in [0.29, 0.717) is 18.6 Å². The molecule has 1 heterocycles. The minimum absolute atomic E-state index is 0.0771. The molecule has 0 saturated heterocycles. The second-order valence-corrected chi connectivity index (χ2v) is 5.06. The van der Waals surface area contributed by atoms with Crippen molar-refractivity contribution in [2.75, 3.05) is 13.2 Å². The van der Waals surface area contributed by atoms with Crippen LogP contribution in [0.1, 0.15) is 32.9 Å². The van der Waals surface area contributed by atoms with E-state index in [4.69, 9.17) is 9.84 Å². The minimum atomic E-state index is 0.0771. The average Bonchev–Trinajstić information content (AvgIpc) is 2.60. The van der Waals surface area contributed by atoms with Gasteiger partial charge >= 0.3 is 0 Å². The molecule has 0 saturated carbocycles. The monoisotopic (exact) mass is 227 g/mol. The Morgan fingerprint density at radius 2 is 2.19 bits per heavy atom. The Bertz CT molecular complexity index is 304. The van der Waals surface area contributed by atoms with E-state index in [0.717, 1.165) is 18.7 Å². The molecule has 0 atom stereocenters. The van der Waals surface area contributed by atoms with E-state index in [2.05, 4.69) is 31.1 Å². The van der Waals surface area contributed by atoms with E-state index in [9.17, 15) is 0 Å². The molecule has 0 amide bonds. The van der Waals surface area contributed by atoms with E-state index >= 15 is 0 Å². The Labute approximate surface area is 96.4 Å². The molecule has 5 heteroatoms. The molecule has 0 aliphatic rings. The molecule has 1 N–H and O–H groups in total. The summed E-state index contributed by atoms with van der Waals surface area (Å²) >= 11 is 0. The molecule has 0 radical (unpaired) electrons. The second kappa shape index (κ2) is 5.96. The summed E-state index contributed by atoms with van der Waals surface area (Å²) in [4.78, 5) is 0. The Morgan fingerprint density at radius 1 is 1.44 bits per heavy atom. The molecule has 5 nitrogen and oxygen atoms in total. The van der Waals surface area contributed by atoms with Crippen LogP contribution in [0, 0.1) is 5.41 Å². The Morgan fingerprint density at radius 3 is 2.81 bits per heavy atom. The highest BCUT2D eigenvalue weighted by molar-refractivity contribution is 4.89. The van der Waals surface area contributed by atoms with Gasteiger partial charge in [0.2, 0.25) is 0 Å². The number of hydrogen-bond acceptors (Lipinski definition) is 4. The lowest BCUT2D eigenvalue weighted by atomic mass is 9.93. The molecule has 1 aromatic rings. The van der Waals surface area contributed by atoms with Crippen molar-refractivity contribution in [1.29, 1.82) is 0 Å². The quantitative estimate of drug-likeness (QED) is 0.742. The first-order chi connectivity index (χ1) is 7.51. The molecule has 1 aromatic heterocycles.